The highest BCUT2D eigenvalue weighted by molar-refractivity contribution is 6.36. The van der Waals surface area contributed by atoms with Gasteiger partial charge < -0.3 is 9.40 Å². The van der Waals surface area contributed by atoms with Gasteiger partial charge in [-0.15, -0.1) is 0 Å². The number of aromatic amines is 1. The summed E-state index contributed by atoms with van der Waals surface area (Å²) in [6, 6.07) is 12.8. The SMILES string of the molecule is O=C(CCc1ncc(-c2ccc(Cl)cc2Cl)o1)NNC(=O)Cc1c[nH]c2ccccc12. The monoisotopic (exact) mass is 456 g/mol. The number of hydrogen-bond acceptors (Lipinski definition) is 4. The molecule has 2 aromatic carbocycles. The Hall–Kier alpha value is -3.29. The average Bonchev–Trinajstić information content (AvgIpc) is 3.38. The molecule has 4 aromatic rings. The summed E-state index contributed by atoms with van der Waals surface area (Å²) in [7, 11) is 0. The van der Waals surface area contributed by atoms with E-state index in [1.54, 1.807) is 30.6 Å². The molecule has 9 heteroatoms. The second-order valence-corrected chi connectivity index (χ2v) is 7.72. The van der Waals surface area contributed by atoms with Crippen molar-refractivity contribution < 1.29 is 14.0 Å². The van der Waals surface area contributed by atoms with Gasteiger partial charge in [-0.05, 0) is 29.8 Å². The number of amides is 2. The molecule has 158 valence electrons. The molecular formula is C22H18Cl2N4O3. The van der Waals surface area contributed by atoms with Gasteiger partial charge in [0.15, 0.2) is 11.7 Å². The maximum Gasteiger partial charge on any atom is 0.242 e. The molecule has 0 saturated heterocycles. The van der Waals surface area contributed by atoms with Crippen molar-refractivity contribution in [2.45, 2.75) is 19.3 Å². The van der Waals surface area contributed by atoms with E-state index < -0.39 is 0 Å². The number of benzene rings is 2. The summed E-state index contributed by atoms with van der Waals surface area (Å²) in [6.45, 7) is 0. The van der Waals surface area contributed by atoms with Crippen molar-refractivity contribution in [1.29, 1.82) is 0 Å². The van der Waals surface area contributed by atoms with Crippen LogP contribution in [0.2, 0.25) is 10.0 Å². The number of aromatic nitrogens is 2. The van der Waals surface area contributed by atoms with Crippen molar-refractivity contribution in [2.24, 2.45) is 0 Å². The molecule has 0 radical (unpaired) electrons. The van der Waals surface area contributed by atoms with E-state index in [1.165, 1.54) is 0 Å². The van der Waals surface area contributed by atoms with Crippen LogP contribution in [0.5, 0.6) is 0 Å². The number of rotatable bonds is 6. The standard InChI is InChI=1S/C22H18Cl2N4O3/c23-14-5-6-16(17(24)10-14)19-12-26-22(31-19)8-7-20(29)27-28-21(30)9-13-11-25-18-4-2-1-3-15(13)18/h1-6,10-12,25H,7-9H2,(H,27,29)(H,28,30). The van der Waals surface area contributed by atoms with Gasteiger partial charge in [0.05, 0.1) is 17.6 Å². The number of H-pyrrole nitrogens is 1. The van der Waals surface area contributed by atoms with Crippen LogP contribution < -0.4 is 10.9 Å². The van der Waals surface area contributed by atoms with E-state index >= 15 is 0 Å². The molecule has 2 heterocycles. The van der Waals surface area contributed by atoms with E-state index in [0.29, 0.717) is 27.3 Å². The zero-order chi connectivity index (χ0) is 21.8. The van der Waals surface area contributed by atoms with Crippen molar-refractivity contribution >= 4 is 45.9 Å². The first-order valence-corrected chi connectivity index (χ1v) is 10.3. The minimum absolute atomic E-state index is 0.0989. The summed E-state index contributed by atoms with van der Waals surface area (Å²) in [4.78, 5) is 31.5. The zero-order valence-electron chi connectivity index (χ0n) is 16.2. The summed E-state index contributed by atoms with van der Waals surface area (Å²) < 4.78 is 5.67. The Kier molecular flexibility index (Phi) is 6.25. The Labute approximate surface area is 187 Å². The number of carbonyl (C=O) groups is 2. The fourth-order valence-electron chi connectivity index (χ4n) is 3.16. The Bertz CT molecular complexity index is 1250. The molecular weight excluding hydrogens is 439 g/mol. The number of nitrogens with one attached hydrogen (secondary N) is 3. The van der Waals surface area contributed by atoms with Gasteiger partial charge in [-0.3, -0.25) is 20.4 Å². The predicted molar refractivity (Wildman–Crippen MR) is 119 cm³/mol. The van der Waals surface area contributed by atoms with Gasteiger partial charge in [-0.2, -0.15) is 0 Å². The third-order valence-electron chi connectivity index (χ3n) is 4.68. The van der Waals surface area contributed by atoms with Gasteiger partial charge in [0, 0.05) is 40.5 Å². The molecule has 0 fully saturated rings. The number of fused-ring (bicyclic) bond motifs is 1. The number of aryl methyl sites for hydroxylation is 1. The number of nitrogens with zero attached hydrogens (tertiary/aromatic N) is 1. The quantitative estimate of drug-likeness (QED) is 0.373. The number of hydrogen-bond donors (Lipinski definition) is 3. The lowest BCUT2D eigenvalue weighted by atomic mass is 10.1. The molecule has 0 bridgehead atoms. The van der Waals surface area contributed by atoms with Crippen molar-refractivity contribution in [3.8, 4) is 11.3 Å². The fourth-order valence-corrected chi connectivity index (χ4v) is 3.66. The Morgan fingerprint density at radius 3 is 2.71 bits per heavy atom. The highest BCUT2D eigenvalue weighted by Gasteiger charge is 2.13. The maximum absolute atomic E-state index is 12.2. The first-order chi connectivity index (χ1) is 15.0. The molecule has 2 amide bonds. The first-order valence-electron chi connectivity index (χ1n) is 9.52. The molecule has 0 unspecified atom stereocenters. The van der Waals surface area contributed by atoms with Crippen LogP contribution in [0.25, 0.3) is 22.2 Å². The fraction of sp³-hybridized carbons (Fsp3) is 0.136. The molecule has 0 saturated carbocycles. The minimum atomic E-state index is -0.350. The number of oxazole rings is 1. The van der Waals surface area contributed by atoms with Gasteiger partial charge in [0.2, 0.25) is 11.8 Å². The van der Waals surface area contributed by atoms with Crippen LogP contribution >= 0.6 is 23.2 Å². The van der Waals surface area contributed by atoms with Crippen molar-refractivity contribution in [3.05, 3.63) is 76.4 Å². The van der Waals surface area contributed by atoms with Crippen LogP contribution in [-0.4, -0.2) is 21.8 Å². The van der Waals surface area contributed by atoms with Crippen LogP contribution in [-0.2, 0) is 22.4 Å². The van der Waals surface area contributed by atoms with Crippen LogP contribution in [0.3, 0.4) is 0 Å². The van der Waals surface area contributed by atoms with E-state index in [2.05, 4.69) is 20.8 Å². The largest absolute Gasteiger partial charge is 0.441 e. The molecule has 7 nitrogen and oxygen atoms in total. The zero-order valence-corrected chi connectivity index (χ0v) is 17.8. The van der Waals surface area contributed by atoms with E-state index in [1.807, 2.05) is 24.3 Å². The lowest BCUT2D eigenvalue weighted by Gasteiger charge is -2.06. The highest BCUT2D eigenvalue weighted by atomic mass is 35.5. The van der Waals surface area contributed by atoms with Crippen molar-refractivity contribution in [3.63, 3.8) is 0 Å². The van der Waals surface area contributed by atoms with Gasteiger partial charge in [-0.1, -0.05) is 41.4 Å². The molecule has 0 spiro atoms. The first kappa shape index (κ1) is 21.0. The van der Waals surface area contributed by atoms with E-state index in [0.717, 1.165) is 16.5 Å². The summed E-state index contributed by atoms with van der Waals surface area (Å²) in [5.74, 6) is 0.218. The van der Waals surface area contributed by atoms with Crippen molar-refractivity contribution in [1.82, 2.24) is 20.8 Å². The second-order valence-electron chi connectivity index (χ2n) is 6.88. The molecule has 0 aliphatic heterocycles. The van der Waals surface area contributed by atoms with Crippen molar-refractivity contribution in [2.75, 3.05) is 0 Å². The summed E-state index contributed by atoms with van der Waals surface area (Å²) >= 11 is 12.1. The predicted octanol–water partition coefficient (Wildman–Crippen LogP) is 4.45. The molecule has 0 aliphatic rings. The van der Waals surface area contributed by atoms with E-state index in [-0.39, 0.29) is 31.1 Å². The lowest BCUT2D eigenvalue weighted by Crippen LogP contribution is -2.42. The molecule has 4 rings (SSSR count). The van der Waals surface area contributed by atoms with Crippen LogP contribution in [0.15, 0.2) is 59.3 Å². The normalized spacial score (nSPS) is 10.9. The number of para-hydroxylation sites is 1. The van der Waals surface area contributed by atoms with Gasteiger partial charge in [-0.25, -0.2) is 4.98 Å². The average molecular weight is 457 g/mol. The maximum atomic E-state index is 12.2. The molecule has 3 N–H and O–H groups in total. The van der Waals surface area contributed by atoms with Crippen LogP contribution in [0, 0.1) is 0 Å². The Morgan fingerprint density at radius 2 is 1.87 bits per heavy atom. The van der Waals surface area contributed by atoms with Crippen LogP contribution in [0.1, 0.15) is 17.9 Å². The van der Waals surface area contributed by atoms with Gasteiger partial charge >= 0.3 is 0 Å². The van der Waals surface area contributed by atoms with Crippen LogP contribution in [0.4, 0.5) is 0 Å². The van der Waals surface area contributed by atoms with E-state index in [4.69, 9.17) is 27.6 Å². The molecule has 0 atom stereocenters. The van der Waals surface area contributed by atoms with E-state index in [9.17, 15) is 9.59 Å². The molecule has 31 heavy (non-hydrogen) atoms. The number of hydrazine groups is 1. The van der Waals surface area contributed by atoms with Gasteiger partial charge in [0.25, 0.3) is 0 Å². The molecule has 2 aromatic heterocycles. The lowest BCUT2D eigenvalue weighted by molar-refractivity contribution is -0.128. The Morgan fingerprint density at radius 1 is 1.06 bits per heavy atom. The molecule has 0 aliphatic carbocycles. The summed E-state index contributed by atoms with van der Waals surface area (Å²) in [5.41, 5.74) is 7.33. The smallest absolute Gasteiger partial charge is 0.242 e. The minimum Gasteiger partial charge on any atom is -0.441 e. The van der Waals surface area contributed by atoms with Gasteiger partial charge in [0.1, 0.15) is 0 Å². The number of halogens is 2. The Balaban J connectivity index is 1.26. The highest BCUT2D eigenvalue weighted by Crippen LogP contribution is 2.30. The third kappa shape index (κ3) is 5.07. The summed E-state index contributed by atoms with van der Waals surface area (Å²) in [6.07, 6.45) is 3.86. The second kappa shape index (κ2) is 9.24. The number of carbonyl (C=O) groups excluding carboxylic acids is 2. The topological polar surface area (TPSA) is 100 Å². The summed E-state index contributed by atoms with van der Waals surface area (Å²) in [5, 5.41) is 1.95. The third-order valence-corrected chi connectivity index (χ3v) is 5.23.